The molecular formula is C19H32N2. The number of nitrogens with zero attached hydrogens (tertiary/aromatic N) is 1. The van der Waals surface area contributed by atoms with Crippen LogP contribution in [0.5, 0.6) is 0 Å². The van der Waals surface area contributed by atoms with Crippen LogP contribution in [0.3, 0.4) is 0 Å². The third-order valence-electron chi connectivity index (χ3n) is 4.38. The molecule has 21 heavy (non-hydrogen) atoms. The van der Waals surface area contributed by atoms with Crippen molar-refractivity contribution in [1.82, 2.24) is 10.2 Å². The molecule has 2 heteroatoms. The van der Waals surface area contributed by atoms with Gasteiger partial charge < -0.3 is 10.2 Å². The highest BCUT2D eigenvalue weighted by Crippen LogP contribution is 2.29. The van der Waals surface area contributed by atoms with E-state index in [0.717, 1.165) is 18.5 Å². The second kappa shape index (κ2) is 7.95. The van der Waals surface area contributed by atoms with Crippen LogP contribution >= 0.6 is 0 Å². The third kappa shape index (κ3) is 5.12. The fourth-order valence-electron chi connectivity index (χ4n) is 3.22. The molecule has 0 spiro atoms. The molecular weight excluding hydrogens is 256 g/mol. The van der Waals surface area contributed by atoms with Gasteiger partial charge in [-0.15, -0.1) is 0 Å². The first-order valence-electron chi connectivity index (χ1n) is 8.64. The summed E-state index contributed by atoms with van der Waals surface area (Å²) in [5.41, 5.74) is 2.88. The SMILES string of the molecule is CCNC(CCN(CC(C)C)C1CC1)c1ccccc1C. The van der Waals surface area contributed by atoms with Crippen LogP contribution in [-0.2, 0) is 0 Å². The molecule has 0 heterocycles. The molecule has 1 aliphatic rings. The highest BCUT2D eigenvalue weighted by molar-refractivity contribution is 5.28. The van der Waals surface area contributed by atoms with Gasteiger partial charge in [-0.1, -0.05) is 45.0 Å². The molecule has 1 atom stereocenters. The molecule has 1 aromatic carbocycles. The molecule has 0 radical (unpaired) electrons. The number of hydrogen-bond acceptors (Lipinski definition) is 2. The van der Waals surface area contributed by atoms with Crippen LogP contribution in [0.15, 0.2) is 24.3 Å². The normalized spacial score (nSPS) is 16.7. The summed E-state index contributed by atoms with van der Waals surface area (Å²) < 4.78 is 0. The van der Waals surface area contributed by atoms with E-state index >= 15 is 0 Å². The van der Waals surface area contributed by atoms with Crippen LogP contribution in [0.1, 0.15) is 57.2 Å². The van der Waals surface area contributed by atoms with Crippen molar-refractivity contribution in [2.45, 2.75) is 59.0 Å². The van der Waals surface area contributed by atoms with Crippen LogP contribution < -0.4 is 5.32 Å². The lowest BCUT2D eigenvalue weighted by Gasteiger charge is -2.27. The predicted octanol–water partition coefficient (Wildman–Crippen LogP) is 4.16. The quantitative estimate of drug-likeness (QED) is 0.734. The fourth-order valence-corrected chi connectivity index (χ4v) is 3.22. The Morgan fingerprint density at radius 3 is 2.52 bits per heavy atom. The molecule has 1 saturated carbocycles. The van der Waals surface area contributed by atoms with E-state index in [1.54, 1.807) is 0 Å². The minimum Gasteiger partial charge on any atom is -0.310 e. The van der Waals surface area contributed by atoms with Gasteiger partial charge in [0, 0.05) is 25.2 Å². The lowest BCUT2D eigenvalue weighted by molar-refractivity contribution is 0.221. The van der Waals surface area contributed by atoms with E-state index in [1.807, 2.05) is 0 Å². The highest BCUT2D eigenvalue weighted by Gasteiger charge is 2.29. The van der Waals surface area contributed by atoms with Crippen molar-refractivity contribution in [3.63, 3.8) is 0 Å². The van der Waals surface area contributed by atoms with Gasteiger partial charge in [0.1, 0.15) is 0 Å². The number of hydrogen-bond donors (Lipinski definition) is 1. The van der Waals surface area contributed by atoms with Crippen molar-refractivity contribution in [2.75, 3.05) is 19.6 Å². The number of aryl methyl sites for hydroxylation is 1. The van der Waals surface area contributed by atoms with Gasteiger partial charge in [0.25, 0.3) is 0 Å². The Hall–Kier alpha value is -0.860. The molecule has 118 valence electrons. The second-order valence-electron chi connectivity index (χ2n) is 6.88. The van der Waals surface area contributed by atoms with Gasteiger partial charge in [0.2, 0.25) is 0 Å². The Bertz CT molecular complexity index is 423. The fraction of sp³-hybridized carbons (Fsp3) is 0.684. The maximum atomic E-state index is 3.68. The maximum absolute atomic E-state index is 3.68. The Morgan fingerprint density at radius 1 is 1.24 bits per heavy atom. The second-order valence-corrected chi connectivity index (χ2v) is 6.88. The molecule has 1 N–H and O–H groups in total. The van der Waals surface area contributed by atoms with Gasteiger partial charge in [0.15, 0.2) is 0 Å². The molecule has 0 aromatic heterocycles. The van der Waals surface area contributed by atoms with E-state index in [4.69, 9.17) is 0 Å². The Kier molecular flexibility index (Phi) is 6.25. The smallest absolute Gasteiger partial charge is 0.0334 e. The van der Waals surface area contributed by atoms with Crippen LogP contribution in [0.2, 0.25) is 0 Å². The molecule has 0 aliphatic heterocycles. The number of benzene rings is 1. The van der Waals surface area contributed by atoms with Crippen molar-refractivity contribution in [3.05, 3.63) is 35.4 Å². The molecule has 0 saturated heterocycles. The maximum Gasteiger partial charge on any atom is 0.0334 e. The zero-order chi connectivity index (χ0) is 15.2. The molecule has 0 amide bonds. The topological polar surface area (TPSA) is 15.3 Å². The van der Waals surface area contributed by atoms with Crippen LogP contribution in [0.25, 0.3) is 0 Å². The van der Waals surface area contributed by atoms with Crippen molar-refractivity contribution in [1.29, 1.82) is 0 Å². The van der Waals surface area contributed by atoms with E-state index in [-0.39, 0.29) is 0 Å². The minimum absolute atomic E-state index is 0.490. The molecule has 0 bridgehead atoms. The zero-order valence-corrected chi connectivity index (χ0v) is 14.2. The van der Waals surface area contributed by atoms with Gasteiger partial charge >= 0.3 is 0 Å². The zero-order valence-electron chi connectivity index (χ0n) is 14.2. The van der Waals surface area contributed by atoms with Crippen molar-refractivity contribution >= 4 is 0 Å². The largest absolute Gasteiger partial charge is 0.310 e. The average molecular weight is 288 g/mol. The summed E-state index contributed by atoms with van der Waals surface area (Å²) in [5.74, 6) is 0.765. The first kappa shape index (κ1) is 16.5. The summed E-state index contributed by atoms with van der Waals surface area (Å²) in [6.07, 6.45) is 4.02. The van der Waals surface area contributed by atoms with E-state index in [1.165, 1.54) is 43.5 Å². The molecule has 1 aliphatic carbocycles. The summed E-state index contributed by atoms with van der Waals surface area (Å²) in [7, 11) is 0. The van der Waals surface area contributed by atoms with Gasteiger partial charge in [-0.05, 0) is 49.8 Å². The van der Waals surface area contributed by atoms with E-state index in [9.17, 15) is 0 Å². The third-order valence-corrected chi connectivity index (χ3v) is 4.38. The molecule has 1 fully saturated rings. The summed E-state index contributed by atoms with van der Waals surface area (Å²) in [4.78, 5) is 2.72. The summed E-state index contributed by atoms with van der Waals surface area (Å²) in [6, 6.07) is 10.2. The molecule has 1 unspecified atom stereocenters. The standard InChI is InChI=1S/C19H32N2/c1-5-20-19(18-9-7-6-8-16(18)4)12-13-21(14-15(2)3)17-10-11-17/h6-9,15,17,19-20H,5,10-14H2,1-4H3. The summed E-state index contributed by atoms with van der Waals surface area (Å²) in [5, 5.41) is 3.68. The van der Waals surface area contributed by atoms with Crippen LogP contribution in [0.4, 0.5) is 0 Å². The van der Waals surface area contributed by atoms with Crippen molar-refractivity contribution in [2.24, 2.45) is 5.92 Å². The Morgan fingerprint density at radius 2 is 1.95 bits per heavy atom. The lowest BCUT2D eigenvalue weighted by Crippen LogP contribution is -2.34. The number of rotatable bonds is 9. The van der Waals surface area contributed by atoms with E-state index in [0.29, 0.717) is 6.04 Å². The summed E-state index contributed by atoms with van der Waals surface area (Å²) in [6.45, 7) is 12.6. The van der Waals surface area contributed by atoms with Crippen LogP contribution in [-0.4, -0.2) is 30.6 Å². The first-order chi connectivity index (χ1) is 10.1. The first-order valence-corrected chi connectivity index (χ1v) is 8.64. The predicted molar refractivity (Wildman–Crippen MR) is 91.6 cm³/mol. The lowest BCUT2D eigenvalue weighted by atomic mass is 9.98. The molecule has 2 nitrogen and oxygen atoms in total. The number of nitrogens with one attached hydrogen (secondary N) is 1. The summed E-state index contributed by atoms with van der Waals surface area (Å²) >= 11 is 0. The van der Waals surface area contributed by atoms with E-state index in [2.05, 4.69) is 62.2 Å². The van der Waals surface area contributed by atoms with E-state index < -0.39 is 0 Å². The minimum atomic E-state index is 0.490. The molecule has 1 aromatic rings. The molecule has 2 rings (SSSR count). The Balaban J connectivity index is 1.97. The highest BCUT2D eigenvalue weighted by atomic mass is 15.2. The van der Waals surface area contributed by atoms with Gasteiger partial charge in [-0.25, -0.2) is 0 Å². The van der Waals surface area contributed by atoms with Crippen LogP contribution in [0, 0.1) is 12.8 Å². The van der Waals surface area contributed by atoms with Gasteiger partial charge in [-0.3, -0.25) is 0 Å². The Labute approximate surface area is 130 Å². The van der Waals surface area contributed by atoms with Gasteiger partial charge in [0.05, 0.1) is 0 Å². The van der Waals surface area contributed by atoms with Crippen molar-refractivity contribution < 1.29 is 0 Å². The monoisotopic (exact) mass is 288 g/mol. The van der Waals surface area contributed by atoms with Crippen molar-refractivity contribution in [3.8, 4) is 0 Å². The van der Waals surface area contributed by atoms with Gasteiger partial charge in [-0.2, -0.15) is 0 Å². The average Bonchev–Trinajstić information content (AvgIpc) is 3.27.